The van der Waals surface area contributed by atoms with Crippen LogP contribution >= 0.6 is 0 Å². The van der Waals surface area contributed by atoms with E-state index in [1.54, 1.807) is 36.4 Å². The van der Waals surface area contributed by atoms with Crippen molar-refractivity contribution in [3.05, 3.63) is 111 Å². The van der Waals surface area contributed by atoms with Crippen LogP contribution < -0.4 is 36.3 Å². The Balaban J connectivity index is 1.20. The standard InChI is InChI=1S/C47H54N4O12S2/c1-46(2)24-29(26-64(56,57)58)33-20-36-40(22-38(33)50-46)63-41-23-39-34(30(27-65(59,60)61)25-47(3,4)51-39)21-37(41)42(36)32-16-15-28(19-35(32)44(53)54)43(52)48-17-11-8-12-18-49-45(55)62-31-13-9-6-5-7-10-14-31/h5-6,15-16,19-25,31,50H,7-14,17-18,26-27H2,1-4H3,(H,48,52)(H,49,55)(H,53,54)(H,56,57,58)(H,59,60,61)/b6-5+. The predicted molar refractivity (Wildman–Crippen MR) is 243 cm³/mol. The van der Waals surface area contributed by atoms with Crippen LogP contribution in [0.4, 0.5) is 10.5 Å². The molecule has 4 aliphatic rings. The molecule has 346 valence electrons. The minimum Gasteiger partial charge on any atom is -0.748 e. The van der Waals surface area contributed by atoms with Crippen LogP contribution in [-0.4, -0.2) is 90.8 Å². The van der Waals surface area contributed by atoms with Gasteiger partial charge in [0.25, 0.3) is 16.0 Å². The van der Waals surface area contributed by atoms with Crippen LogP contribution in [-0.2, 0) is 25.0 Å². The quantitative estimate of drug-likeness (QED) is 0.0592. The summed E-state index contributed by atoms with van der Waals surface area (Å²) in [6, 6.07) is 10.8. The molecule has 0 aromatic heterocycles. The summed E-state index contributed by atoms with van der Waals surface area (Å²) in [6.45, 7) is 7.98. The van der Waals surface area contributed by atoms with E-state index in [0.717, 1.165) is 32.1 Å². The molecule has 0 spiro atoms. The molecule has 1 unspecified atom stereocenters. The fourth-order valence-electron chi connectivity index (χ4n) is 8.87. The first-order valence-corrected chi connectivity index (χ1v) is 24.8. The highest BCUT2D eigenvalue weighted by molar-refractivity contribution is 7.86. The topological polar surface area (TPSA) is 252 Å². The van der Waals surface area contributed by atoms with Gasteiger partial charge < -0.3 is 35.1 Å². The van der Waals surface area contributed by atoms with Crippen LogP contribution in [0.25, 0.3) is 16.7 Å². The number of carboxylic acid groups (broad SMARTS) is 1. The molecular weight excluding hydrogens is 877 g/mol. The van der Waals surface area contributed by atoms with Crippen LogP contribution in [0.5, 0.6) is 11.5 Å². The molecule has 1 aliphatic carbocycles. The number of hydrogen-bond donors (Lipinski definition) is 6. The number of unbranched alkanes of at least 4 members (excludes halogenated alkanes) is 2. The number of carboxylic acids is 1. The number of carbonyl (C=O) groups is 3. The van der Waals surface area contributed by atoms with Gasteiger partial charge >= 0.3 is 12.1 Å². The number of rotatable bonds is 14. The maximum Gasteiger partial charge on any atom is 0.407 e. The Morgan fingerprint density at radius 1 is 0.846 bits per heavy atom. The molecule has 65 heavy (non-hydrogen) atoms. The van der Waals surface area contributed by atoms with E-state index in [4.69, 9.17) is 9.47 Å². The maximum atomic E-state index is 13.5. The molecule has 0 fully saturated rings. The molecule has 3 aliphatic heterocycles. The molecule has 3 heterocycles. The average molecular weight is 931 g/mol. The fraction of sp³-hybridized carbons (Fsp3) is 0.404. The lowest BCUT2D eigenvalue weighted by molar-refractivity contribution is -0.568. The maximum absolute atomic E-state index is 13.5. The number of carbonyl (C=O) groups excluding carboxylic acids is 2. The molecule has 3 aromatic carbocycles. The minimum atomic E-state index is -4.75. The van der Waals surface area contributed by atoms with Crippen molar-refractivity contribution in [2.45, 2.75) is 96.2 Å². The molecule has 0 bridgehead atoms. The van der Waals surface area contributed by atoms with E-state index in [-0.39, 0.29) is 45.4 Å². The first-order chi connectivity index (χ1) is 30.5. The number of ether oxygens (including phenoxy) is 2. The van der Waals surface area contributed by atoms with Crippen molar-refractivity contribution in [2.75, 3.05) is 29.9 Å². The first-order valence-electron chi connectivity index (χ1n) is 21.6. The molecule has 0 radical (unpaired) electrons. The Bertz CT molecular complexity index is 2900. The van der Waals surface area contributed by atoms with Crippen molar-refractivity contribution in [2.24, 2.45) is 0 Å². The van der Waals surface area contributed by atoms with Crippen molar-refractivity contribution in [1.82, 2.24) is 10.6 Å². The van der Waals surface area contributed by atoms with Gasteiger partial charge in [0.1, 0.15) is 23.4 Å². The zero-order chi connectivity index (χ0) is 46.9. The summed E-state index contributed by atoms with van der Waals surface area (Å²) >= 11 is 0. The van der Waals surface area contributed by atoms with Gasteiger partial charge in [0.15, 0.2) is 5.54 Å². The smallest absolute Gasteiger partial charge is 0.407 e. The third-order valence-corrected chi connectivity index (χ3v) is 12.9. The Morgan fingerprint density at radius 3 is 2.29 bits per heavy atom. The van der Waals surface area contributed by atoms with Crippen molar-refractivity contribution >= 4 is 60.6 Å². The number of benzene rings is 3. The van der Waals surface area contributed by atoms with Gasteiger partial charge in [0.2, 0.25) is 5.36 Å². The summed E-state index contributed by atoms with van der Waals surface area (Å²) in [5, 5.41) is 20.5. The van der Waals surface area contributed by atoms with Gasteiger partial charge in [-0.3, -0.25) is 9.35 Å². The molecule has 16 nitrogen and oxygen atoms in total. The van der Waals surface area contributed by atoms with Crippen LogP contribution in [0.15, 0.2) is 66.8 Å². The summed E-state index contributed by atoms with van der Waals surface area (Å²) in [4.78, 5) is 42.3. The SMILES string of the molecule is CC1(C)C=C(CS(=O)(=O)[O-])c2cc3c(cc2N1)Oc1cc2c(cc1=C3c1ccc(C(=O)NCCCCCNC(=O)OC3CC/C=C/CCC3)cc1C(=O)O)C(CS(=O)(=O)O)=CC(C)(C)[NH+]=2. The highest BCUT2D eigenvalue weighted by atomic mass is 32.2. The second kappa shape index (κ2) is 18.6. The number of fused-ring (bicyclic) bond motifs is 4. The van der Waals surface area contributed by atoms with E-state index in [1.165, 1.54) is 18.2 Å². The highest BCUT2D eigenvalue weighted by Gasteiger charge is 2.34. The van der Waals surface area contributed by atoms with Crippen molar-refractivity contribution < 1.29 is 59.9 Å². The largest absolute Gasteiger partial charge is 0.748 e. The Labute approximate surface area is 378 Å². The summed E-state index contributed by atoms with van der Waals surface area (Å²) in [5.74, 6) is -2.86. The number of nitrogens with one attached hydrogen (secondary N) is 4. The van der Waals surface area contributed by atoms with Gasteiger partial charge in [0, 0.05) is 66.2 Å². The average Bonchev–Trinajstić information content (AvgIpc) is 3.17. The van der Waals surface area contributed by atoms with Crippen LogP contribution in [0.3, 0.4) is 0 Å². The van der Waals surface area contributed by atoms with E-state index in [0.29, 0.717) is 70.9 Å². The fourth-order valence-corrected chi connectivity index (χ4v) is 10.1. The summed E-state index contributed by atoms with van der Waals surface area (Å²) in [7, 11) is -9.26. The zero-order valence-corrected chi connectivity index (χ0v) is 38.3. The van der Waals surface area contributed by atoms with Gasteiger partial charge in [-0.25, -0.2) is 23.0 Å². The molecule has 0 saturated heterocycles. The number of aromatic carboxylic acids is 1. The van der Waals surface area contributed by atoms with E-state index < -0.39 is 60.8 Å². The molecule has 7 rings (SSSR count). The van der Waals surface area contributed by atoms with Crippen LogP contribution in [0.1, 0.15) is 122 Å². The normalized spacial score (nSPS) is 18.7. The molecular formula is C47H54N4O12S2. The second-order valence-electron chi connectivity index (χ2n) is 18.0. The number of amides is 2. The number of anilines is 1. The summed E-state index contributed by atoms with van der Waals surface area (Å²) in [5.41, 5.74) is 0.853. The lowest BCUT2D eigenvalue weighted by atomic mass is 9.84. The van der Waals surface area contributed by atoms with Crippen molar-refractivity contribution in [1.29, 1.82) is 0 Å². The van der Waals surface area contributed by atoms with E-state index in [9.17, 15) is 45.4 Å². The molecule has 6 N–H and O–H groups in total. The third-order valence-electron chi connectivity index (χ3n) is 11.5. The minimum absolute atomic E-state index is 0.0753. The predicted octanol–water partition coefficient (Wildman–Crippen LogP) is 4.15. The monoisotopic (exact) mass is 930 g/mol. The summed E-state index contributed by atoms with van der Waals surface area (Å²) < 4.78 is 83.1. The van der Waals surface area contributed by atoms with E-state index in [1.807, 2.05) is 27.7 Å². The first kappa shape index (κ1) is 47.2. The highest BCUT2D eigenvalue weighted by Crippen LogP contribution is 2.45. The van der Waals surface area contributed by atoms with Gasteiger partial charge in [-0.05, 0) is 112 Å². The second-order valence-corrected chi connectivity index (χ2v) is 20.9. The van der Waals surface area contributed by atoms with Gasteiger partial charge in [-0.15, -0.1) is 0 Å². The van der Waals surface area contributed by atoms with E-state index >= 15 is 0 Å². The van der Waals surface area contributed by atoms with Crippen molar-refractivity contribution in [3.63, 3.8) is 0 Å². The summed E-state index contributed by atoms with van der Waals surface area (Å²) in [6.07, 6.45) is 13.5. The Morgan fingerprint density at radius 2 is 1.57 bits per heavy atom. The van der Waals surface area contributed by atoms with Gasteiger partial charge in [-0.1, -0.05) is 24.3 Å². The molecule has 3 aromatic rings. The molecule has 2 amide bonds. The zero-order valence-electron chi connectivity index (χ0n) is 36.7. The van der Waals surface area contributed by atoms with Crippen LogP contribution in [0, 0.1) is 0 Å². The number of alkyl carbamates (subject to hydrolysis) is 1. The Kier molecular flexibility index (Phi) is 13.5. The Hall–Kier alpha value is -5.82. The lowest BCUT2D eigenvalue weighted by Gasteiger charge is -2.34. The molecule has 0 saturated carbocycles. The molecule has 18 heteroatoms. The van der Waals surface area contributed by atoms with Crippen molar-refractivity contribution in [3.8, 4) is 11.5 Å². The van der Waals surface area contributed by atoms with Gasteiger partial charge in [-0.2, -0.15) is 8.42 Å². The number of allylic oxidation sites excluding steroid dienone is 2. The van der Waals surface area contributed by atoms with E-state index in [2.05, 4.69) is 33.1 Å². The van der Waals surface area contributed by atoms with Gasteiger partial charge in [0.05, 0.1) is 38.6 Å². The number of hydrogen-bond acceptors (Lipinski definition) is 11. The molecule has 1 atom stereocenters. The third kappa shape index (κ3) is 11.7. The van der Waals surface area contributed by atoms with Crippen LogP contribution in [0.2, 0.25) is 0 Å². The lowest BCUT2D eigenvalue weighted by Crippen LogP contribution is -2.89.